The number of rotatable bonds is 0. The van der Waals surface area contributed by atoms with Gasteiger partial charge in [0.2, 0.25) is 5.78 Å². The van der Waals surface area contributed by atoms with Crippen LogP contribution in [0.1, 0.15) is 15.9 Å². The van der Waals surface area contributed by atoms with E-state index in [0.29, 0.717) is 5.56 Å². The minimum absolute atomic E-state index is 0.0000926. The number of carbonyl (C=O) groups is 1. The summed E-state index contributed by atoms with van der Waals surface area (Å²) in [6.45, 7) is 0. The Hall–Kier alpha value is -1.71. The zero-order valence-electron chi connectivity index (χ0n) is 6.62. The van der Waals surface area contributed by atoms with E-state index in [-0.39, 0.29) is 17.7 Å². The third kappa shape index (κ3) is 1.02. The highest BCUT2D eigenvalue weighted by Gasteiger charge is 2.29. The molecule has 0 saturated heterocycles. The van der Waals surface area contributed by atoms with Crippen LogP contribution in [0.15, 0.2) is 23.4 Å². The number of carbonyl (C=O) groups excluding carboxylic acids is 1. The molecule has 1 aromatic carbocycles. The molecule has 0 atom stereocenters. The molecule has 3 nitrogen and oxygen atoms in total. The van der Waals surface area contributed by atoms with Gasteiger partial charge in [0.15, 0.2) is 0 Å². The molecule has 4 heteroatoms. The Kier molecular flexibility index (Phi) is 1.62. The lowest BCUT2D eigenvalue weighted by atomic mass is 10.1. The van der Waals surface area contributed by atoms with Gasteiger partial charge in [-0.15, -0.1) is 0 Å². The summed E-state index contributed by atoms with van der Waals surface area (Å²) in [5.74, 6) is -1.07. The van der Waals surface area contributed by atoms with Crippen LogP contribution in [0.5, 0.6) is 0 Å². The van der Waals surface area contributed by atoms with Gasteiger partial charge in [0.1, 0.15) is 11.5 Å². The van der Waals surface area contributed by atoms with Crippen LogP contribution in [0.25, 0.3) is 0 Å². The lowest BCUT2D eigenvalue weighted by molar-refractivity contribution is 0.106. The van der Waals surface area contributed by atoms with Crippen LogP contribution in [-0.4, -0.2) is 16.7 Å². The van der Waals surface area contributed by atoms with E-state index in [1.807, 2.05) is 0 Å². The molecule has 66 valence electrons. The van der Waals surface area contributed by atoms with E-state index in [0.717, 1.165) is 0 Å². The number of ketones is 1. The Morgan fingerprint density at radius 3 is 2.85 bits per heavy atom. The van der Waals surface area contributed by atoms with E-state index >= 15 is 0 Å². The molecule has 0 amide bonds. The number of Topliss-reactive ketones (excluding diaryl/α,β-unsaturated/α-hetero) is 1. The van der Waals surface area contributed by atoms with Gasteiger partial charge in [0.25, 0.3) is 0 Å². The molecule has 0 fully saturated rings. The molecule has 0 aliphatic heterocycles. The predicted molar refractivity (Wildman–Crippen MR) is 43.7 cm³/mol. The Labute approximate surface area is 73.5 Å². The third-order valence-electron chi connectivity index (χ3n) is 2.07. The molecule has 1 aromatic rings. The second kappa shape index (κ2) is 2.65. The zero-order chi connectivity index (χ0) is 9.42. The van der Waals surface area contributed by atoms with Crippen LogP contribution in [0.4, 0.5) is 4.39 Å². The van der Waals surface area contributed by atoms with E-state index in [4.69, 9.17) is 5.21 Å². The average Bonchev–Trinajstić information content (AvgIpc) is 2.44. The largest absolute Gasteiger partial charge is 0.411 e. The topological polar surface area (TPSA) is 49.7 Å². The van der Waals surface area contributed by atoms with Crippen LogP contribution in [0.3, 0.4) is 0 Å². The highest BCUT2D eigenvalue weighted by atomic mass is 19.1. The van der Waals surface area contributed by atoms with Crippen molar-refractivity contribution in [1.82, 2.24) is 0 Å². The number of hydrogen-bond acceptors (Lipinski definition) is 3. The van der Waals surface area contributed by atoms with Gasteiger partial charge in [0, 0.05) is 6.42 Å². The molecule has 0 radical (unpaired) electrons. The van der Waals surface area contributed by atoms with Gasteiger partial charge < -0.3 is 5.21 Å². The van der Waals surface area contributed by atoms with E-state index in [2.05, 4.69) is 5.16 Å². The molecule has 0 spiro atoms. The Bertz CT molecular complexity index is 412. The number of benzene rings is 1. The fourth-order valence-corrected chi connectivity index (χ4v) is 1.46. The summed E-state index contributed by atoms with van der Waals surface area (Å²) in [6, 6.07) is 4.40. The number of nitrogens with zero attached hydrogens (tertiary/aromatic N) is 1. The number of oxime groups is 1. The quantitative estimate of drug-likeness (QED) is 0.483. The number of halogens is 1. The second-order valence-corrected chi connectivity index (χ2v) is 2.83. The summed E-state index contributed by atoms with van der Waals surface area (Å²) in [5.41, 5.74) is 0.619. The van der Waals surface area contributed by atoms with Crippen molar-refractivity contribution >= 4 is 11.5 Å². The first-order valence-corrected chi connectivity index (χ1v) is 3.77. The SMILES string of the molecule is O=C1/C(=N\O)Cc2cccc(F)c21. The lowest BCUT2D eigenvalue weighted by Gasteiger charge is -1.95. The van der Waals surface area contributed by atoms with Gasteiger partial charge in [-0.1, -0.05) is 17.3 Å². The maximum absolute atomic E-state index is 13.1. The fraction of sp³-hybridized carbons (Fsp3) is 0.111. The summed E-state index contributed by atoms with van der Waals surface area (Å²) in [6.07, 6.45) is 0.211. The van der Waals surface area contributed by atoms with Gasteiger partial charge in [0.05, 0.1) is 5.56 Å². The summed E-state index contributed by atoms with van der Waals surface area (Å²) >= 11 is 0. The Morgan fingerprint density at radius 1 is 1.46 bits per heavy atom. The number of fused-ring (bicyclic) bond motifs is 1. The second-order valence-electron chi connectivity index (χ2n) is 2.83. The van der Waals surface area contributed by atoms with Crippen LogP contribution < -0.4 is 0 Å². The van der Waals surface area contributed by atoms with Crippen molar-refractivity contribution < 1.29 is 14.4 Å². The number of hydrogen-bond donors (Lipinski definition) is 1. The van der Waals surface area contributed by atoms with Gasteiger partial charge in [-0.2, -0.15) is 0 Å². The maximum Gasteiger partial charge on any atom is 0.214 e. The maximum atomic E-state index is 13.1. The van der Waals surface area contributed by atoms with Crippen molar-refractivity contribution in [1.29, 1.82) is 0 Å². The summed E-state index contributed by atoms with van der Waals surface area (Å²) < 4.78 is 13.1. The zero-order valence-corrected chi connectivity index (χ0v) is 6.62. The van der Waals surface area contributed by atoms with Crippen LogP contribution in [0, 0.1) is 5.82 Å². The molecular formula is C9H6FNO2. The van der Waals surface area contributed by atoms with E-state index < -0.39 is 11.6 Å². The lowest BCUT2D eigenvalue weighted by Crippen LogP contribution is -2.08. The fourth-order valence-electron chi connectivity index (χ4n) is 1.46. The summed E-state index contributed by atoms with van der Waals surface area (Å²) in [5, 5.41) is 11.3. The van der Waals surface area contributed by atoms with Crippen molar-refractivity contribution in [2.45, 2.75) is 6.42 Å². The standard InChI is InChI=1S/C9H6FNO2/c10-6-3-1-2-5-4-7(11-13)9(12)8(5)6/h1-3,13H,4H2/b11-7-. The van der Waals surface area contributed by atoms with Gasteiger partial charge in [-0.3, -0.25) is 4.79 Å². The minimum Gasteiger partial charge on any atom is -0.411 e. The van der Waals surface area contributed by atoms with E-state index in [1.54, 1.807) is 6.07 Å². The van der Waals surface area contributed by atoms with Crippen molar-refractivity contribution in [2.24, 2.45) is 5.16 Å². The molecular weight excluding hydrogens is 173 g/mol. The van der Waals surface area contributed by atoms with Crippen molar-refractivity contribution in [3.63, 3.8) is 0 Å². The molecule has 1 aliphatic rings. The average molecular weight is 179 g/mol. The molecule has 0 aromatic heterocycles. The minimum atomic E-state index is -0.554. The van der Waals surface area contributed by atoms with Crippen molar-refractivity contribution in [3.05, 3.63) is 35.1 Å². The first-order chi connectivity index (χ1) is 6.24. The molecule has 0 heterocycles. The first kappa shape index (κ1) is 7.91. The van der Waals surface area contributed by atoms with Gasteiger partial charge in [-0.05, 0) is 11.6 Å². The smallest absolute Gasteiger partial charge is 0.214 e. The molecule has 0 saturated carbocycles. The van der Waals surface area contributed by atoms with Gasteiger partial charge in [-0.25, -0.2) is 4.39 Å². The van der Waals surface area contributed by atoms with E-state index in [9.17, 15) is 9.18 Å². The predicted octanol–water partition coefficient (Wildman–Crippen LogP) is 1.39. The van der Waals surface area contributed by atoms with Crippen molar-refractivity contribution in [2.75, 3.05) is 0 Å². The van der Waals surface area contributed by atoms with E-state index in [1.165, 1.54) is 12.1 Å². The molecule has 0 bridgehead atoms. The van der Waals surface area contributed by atoms with Crippen molar-refractivity contribution in [3.8, 4) is 0 Å². The molecule has 0 unspecified atom stereocenters. The van der Waals surface area contributed by atoms with Crippen LogP contribution >= 0.6 is 0 Å². The van der Waals surface area contributed by atoms with Crippen LogP contribution in [0.2, 0.25) is 0 Å². The highest BCUT2D eigenvalue weighted by molar-refractivity contribution is 6.49. The third-order valence-corrected chi connectivity index (χ3v) is 2.07. The summed E-state index contributed by atoms with van der Waals surface area (Å²) in [7, 11) is 0. The molecule has 1 aliphatic carbocycles. The molecule has 13 heavy (non-hydrogen) atoms. The monoisotopic (exact) mass is 179 g/mol. The van der Waals surface area contributed by atoms with Gasteiger partial charge >= 0.3 is 0 Å². The van der Waals surface area contributed by atoms with Crippen LogP contribution in [-0.2, 0) is 6.42 Å². The Morgan fingerprint density at radius 2 is 2.23 bits per heavy atom. The first-order valence-electron chi connectivity index (χ1n) is 3.77. The Balaban J connectivity index is 2.63. The normalized spacial score (nSPS) is 17.9. The molecule has 2 rings (SSSR count). The highest BCUT2D eigenvalue weighted by Crippen LogP contribution is 2.22. The summed E-state index contributed by atoms with van der Waals surface area (Å²) in [4.78, 5) is 11.3. The molecule has 1 N–H and O–H groups in total.